The van der Waals surface area contributed by atoms with E-state index in [1.165, 1.54) is 11.6 Å². The van der Waals surface area contributed by atoms with Gasteiger partial charge in [0.15, 0.2) is 11.5 Å². The van der Waals surface area contributed by atoms with Crippen molar-refractivity contribution < 1.29 is 14.3 Å². The summed E-state index contributed by atoms with van der Waals surface area (Å²) in [5.41, 5.74) is 5.28. The second kappa shape index (κ2) is 11.0. The number of ether oxygens (including phenoxy) is 2. The predicted octanol–water partition coefficient (Wildman–Crippen LogP) is 4.95. The van der Waals surface area contributed by atoms with Gasteiger partial charge in [0, 0.05) is 25.0 Å². The van der Waals surface area contributed by atoms with Crippen molar-refractivity contribution in [2.75, 3.05) is 14.2 Å². The van der Waals surface area contributed by atoms with E-state index in [0.29, 0.717) is 18.0 Å². The molecule has 1 amide bonds. The van der Waals surface area contributed by atoms with E-state index in [9.17, 15) is 4.79 Å². The van der Waals surface area contributed by atoms with Crippen molar-refractivity contribution in [2.45, 2.75) is 13.1 Å². The molecule has 0 radical (unpaired) electrons. The number of carbonyl (C=O) groups excluding carboxylic acids is 1. The first kappa shape index (κ1) is 22.9. The van der Waals surface area contributed by atoms with Gasteiger partial charge in [-0.1, -0.05) is 54.6 Å². The number of hydrogen-bond donors (Lipinski definition) is 1. The van der Waals surface area contributed by atoms with Gasteiger partial charge in [0.2, 0.25) is 5.91 Å². The van der Waals surface area contributed by atoms with Gasteiger partial charge in [0.25, 0.3) is 0 Å². The van der Waals surface area contributed by atoms with E-state index < -0.39 is 0 Å². The lowest BCUT2D eigenvalue weighted by atomic mass is 9.98. The molecule has 1 aromatic heterocycles. The molecule has 4 rings (SSSR count). The third-order valence-electron chi connectivity index (χ3n) is 5.47. The maximum absolute atomic E-state index is 12.4. The molecule has 0 spiro atoms. The Kier molecular flexibility index (Phi) is 7.40. The molecule has 0 bridgehead atoms. The molecule has 34 heavy (non-hydrogen) atoms. The van der Waals surface area contributed by atoms with Crippen LogP contribution in [0.2, 0.25) is 0 Å². The van der Waals surface area contributed by atoms with Crippen LogP contribution in [0, 0.1) is 0 Å². The average molecular weight is 454 g/mol. The Labute approximate surface area is 199 Å². The van der Waals surface area contributed by atoms with Gasteiger partial charge in [-0.25, -0.2) is 0 Å². The Bertz CT molecular complexity index is 1260. The molecule has 1 N–H and O–H groups in total. The second-order valence-electron chi connectivity index (χ2n) is 7.72. The van der Waals surface area contributed by atoms with Crippen molar-refractivity contribution in [3.05, 3.63) is 108 Å². The molecule has 0 atom stereocenters. The molecule has 4 aromatic rings. The van der Waals surface area contributed by atoms with E-state index in [-0.39, 0.29) is 5.91 Å². The zero-order chi connectivity index (χ0) is 23.8. The molecule has 6 heteroatoms. The minimum Gasteiger partial charge on any atom is -0.493 e. The van der Waals surface area contributed by atoms with Gasteiger partial charge in [-0.2, -0.15) is 5.10 Å². The van der Waals surface area contributed by atoms with Crippen LogP contribution in [0.5, 0.6) is 11.5 Å². The van der Waals surface area contributed by atoms with E-state index in [1.54, 1.807) is 26.5 Å². The summed E-state index contributed by atoms with van der Waals surface area (Å²) in [5, 5.41) is 7.24. The van der Waals surface area contributed by atoms with Crippen LogP contribution in [-0.2, 0) is 17.9 Å². The lowest BCUT2D eigenvalue weighted by Gasteiger charge is -2.11. The van der Waals surface area contributed by atoms with Crippen LogP contribution in [0.15, 0.2) is 91.3 Å². The molecule has 0 saturated carbocycles. The summed E-state index contributed by atoms with van der Waals surface area (Å²) in [5.74, 6) is 1.10. The van der Waals surface area contributed by atoms with Crippen LogP contribution in [-0.4, -0.2) is 29.9 Å². The summed E-state index contributed by atoms with van der Waals surface area (Å²) in [6.45, 7) is 1.16. The molecule has 3 aromatic carbocycles. The summed E-state index contributed by atoms with van der Waals surface area (Å²) >= 11 is 0. The Hall–Kier alpha value is -4.32. The molecule has 6 nitrogen and oxygen atoms in total. The minimum absolute atomic E-state index is 0.167. The summed E-state index contributed by atoms with van der Waals surface area (Å²) in [7, 11) is 3.18. The van der Waals surface area contributed by atoms with Gasteiger partial charge < -0.3 is 14.8 Å². The molecule has 1 heterocycles. The topological polar surface area (TPSA) is 65.4 Å². The second-order valence-corrected chi connectivity index (χ2v) is 7.72. The SMILES string of the molecule is COc1ccc(/C=C/C(=O)NCc2ccccc2-c2ccc(Cn3cccn3)cc2)cc1OC. The fourth-order valence-electron chi connectivity index (χ4n) is 3.70. The number of aromatic nitrogens is 2. The van der Waals surface area contributed by atoms with E-state index in [2.05, 4.69) is 40.7 Å². The smallest absolute Gasteiger partial charge is 0.244 e. The third-order valence-corrected chi connectivity index (χ3v) is 5.47. The van der Waals surface area contributed by atoms with Crippen LogP contribution in [0.25, 0.3) is 17.2 Å². The molecule has 0 aliphatic rings. The Morgan fingerprint density at radius 1 is 0.971 bits per heavy atom. The van der Waals surface area contributed by atoms with Crippen LogP contribution >= 0.6 is 0 Å². The van der Waals surface area contributed by atoms with Crippen molar-refractivity contribution in [3.63, 3.8) is 0 Å². The molecule has 172 valence electrons. The number of nitrogens with one attached hydrogen (secondary N) is 1. The standard InChI is InChI=1S/C28H27N3O3/c1-33-26-14-10-21(18-27(26)34-2)11-15-28(32)29-19-24-6-3-4-7-25(24)23-12-8-22(9-13-23)20-31-17-5-16-30-31/h3-18H,19-20H2,1-2H3,(H,29,32)/b15-11+. The number of benzene rings is 3. The van der Waals surface area contributed by atoms with E-state index in [4.69, 9.17) is 9.47 Å². The van der Waals surface area contributed by atoms with Crippen molar-refractivity contribution in [1.29, 1.82) is 0 Å². The first-order chi connectivity index (χ1) is 16.7. The normalized spacial score (nSPS) is 10.9. The van der Waals surface area contributed by atoms with Crippen LogP contribution in [0.4, 0.5) is 0 Å². The predicted molar refractivity (Wildman–Crippen MR) is 134 cm³/mol. The first-order valence-corrected chi connectivity index (χ1v) is 11.0. The molecule has 0 fully saturated rings. The van der Waals surface area contributed by atoms with Crippen molar-refractivity contribution in [3.8, 4) is 22.6 Å². The highest BCUT2D eigenvalue weighted by Gasteiger charge is 2.07. The van der Waals surface area contributed by atoms with Gasteiger partial charge in [0.05, 0.1) is 20.8 Å². The third kappa shape index (κ3) is 5.72. The Balaban J connectivity index is 1.40. The Morgan fingerprint density at radius 3 is 2.50 bits per heavy atom. The molecular formula is C28H27N3O3. The molecule has 0 aliphatic carbocycles. The number of methoxy groups -OCH3 is 2. The fourth-order valence-corrected chi connectivity index (χ4v) is 3.70. The number of rotatable bonds is 9. The molecule has 0 unspecified atom stereocenters. The molecule has 0 aliphatic heterocycles. The maximum Gasteiger partial charge on any atom is 0.244 e. The van der Waals surface area contributed by atoms with Crippen LogP contribution < -0.4 is 14.8 Å². The Morgan fingerprint density at radius 2 is 1.76 bits per heavy atom. The number of hydrogen-bond acceptors (Lipinski definition) is 4. The zero-order valence-corrected chi connectivity index (χ0v) is 19.3. The average Bonchev–Trinajstić information content (AvgIpc) is 3.39. The summed E-state index contributed by atoms with van der Waals surface area (Å²) in [6.07, 6.45) is 7.00. The lowest BCUT2D eigenvalue weighted by Crippen LogP contribution is -2.20. The van der Waals surface area contributed by atoms with Gasteiger partial charge in [-0.3, -0.25) is 9.48 Å². The van der Waals surface area contributed by atoms with Gasteiger partial charge >= 0.3 is 0 Å². The summed E-state index contributed by atoms with van der Waals surface area (Å²) in [6, 6.07) is 24.0. The van der Waals surface area contributed by atoms with E-state index in [0.717, 1.165) is 28.8 Å². The quantitative estimate of drug-likeness (QED) is 0.365. The van der Waals surface area contributed by atoms with Crippen molar-refractivity contribution in [2.24, 2.45) is 0 Å². The molecular weight excluding hydrogens is 426 g/mol. The van der Waals surface area contributed by atoms with Crippen molar-refractivity contribution in [1.82, 2.24) is 15.1 Å². The van der Waals surface area contributed by atoms with Gasteiger partial charge in [-0.15, -0.1) is 0 Å². The zero-order valence-electron chi connectivity index (χ0n) is 19.3. The van der Waals surface area contributed by atoms with Gasteiger partial charge in [0.1, 0.15) is 0 Å². The minimum atomic E-state index is -0.167. The number of amides is 1. The monoisotopic (exact) mass is 453 g/mol. The highest BCUT2D eigenvalue weighted by atomic mass is 16.5. The van der Waals surface area contributed by atoms with Crippen molar-refractivity contribution >= 4 is 12.0 Å². The van der Waals surface area contributed by atoms with Gasteiger partial charge in [-0.05, 0) is 52.1 Å². The first-order valence-electron chi connectivity index (χ1n) is 11.0. The summed E-state index contributed by atoms with van der Waals surface area (Å²) < 4.78 is 12.5. The lowest BCUT2D eigenvalue weighted by molar-refractivity contribution is -0.116. The van der Waals surface area contributed by atoms with E-state index in [1.807, 2.05) is 53.3 Å². The highest BCUT2D eigenvalue weighted by Crippen LogP contribution is 2.28. The number of carbonyl (C=O) groups is 1. The van der Waals surface area contributed by atoms with E-state index >= 15 is 0 Å². The fraction of sp³-hybridized carbons (Fsp3) is 0.143. The maximum atomic E-state index is 12.4. The largest absolute Gasteiger partial charge is 0.493 e. The molecule has 0 saturated heterocycles. The summed E-state index contributed by atoms with van der Waals surface area (Å²) in [4.78, 5) is 12.4. The highest BCUT2D eigenvalue weighted by molar-refractivity contribution is 5.91. The number of nitrogens with zero attached hydrogens (tertiary/aromatic N) is 2. The van der Waals surface area contributed by atoms with Crippen LogP contribution in [0.1, 0.15) is 16.7 Å². The van der Waals surface area contributed by atoms with Crippen LogP contribution in [0.3, 0.4) is 0 Å².